The van der Waals surface area contributed by atoms with Crippen molar-refractivity contribution >= 4 is 29.3 Å². The van der Waals surface area contributed by atoms with Crippen molar-refractivity contribution in [2.75, 3.05) is 0 Å². The third-order valence-electron chi connectivity index (χ3n) is 4.00. The molecule has 1 N–H and O–H groups in total. The van der Waals surface area contributed by atoms with Crippen LogP contribution in [0.1, 0.15) is 18.3 Å². The highest BCUT2D eigenvalue weighted by atomic mass is 35.5. The van der Waals surface area contributed by atoms with Crippen LogP contribution in [-0.2, 0) is 11.3 Å². The lowest BCUT2D eigenvalue weighted by Crippen LogP contribution is -2.30. The van der Waals surface area contributed by atoms with Gasteiger partial charge in [0.05, 0.1) is 5.25 Å². The van der Waals surface area contributed by atoms with Gasteiger partial charge in [0.15, 0.2) is 0 Å². The van der Waals surface area contributed by atoms with Gasteiger partial charge < -0.3 is 9.88 Å². The second-order valence-corrected chi connectivity index (χ2v) is 7.79. The molecule has 26 heavy (non-hydrogen) atoms. The molecule has 4 nitrogen and oxygen atoms in total. The number of benzene rings is 2. The normalized spacial score (nSPS) is 12.0. The van der Waals surface area contributed by atoms with Gasteiger partial charge in [0.2, 0.25) is 5.91 Å². The van der Waals surface area contributed by atoms with E-state index in [-0.39, 0.29) is 11.2 Å². The maximum atomic E-state index is 12.3. The Labute approximate surface area is 162 Å². The summed E-state index contributed by atoms with van der Waals surface area (Å²) in [6, 6.07) is 15.6. The molecule has 134 valence electrons. The number of imidazole rings is 1. The molecule has 0 aliphatic carbocycles. The van der Waals surface area contributed by atoms with Gasteiger partial charge in [-0.05, 0) is 55.8 Å². The number of thioether (sulfide) groups is 1. The van der Waals surface area contributed by atoms with Crippen molar-refractivity contribution in [2.24, 2.45) is 0 Å². The number of carbonyl (C=O) groups is 1. The van der Waals surface area contributed by atoms with Crippen molar-refractivity contribution in [1.82, 2.24) is 14.9 Å². The van der Waals surface area contributed by atoms with Crippen LogP contribution in [0.25, 0.3) is 5.69 Å². The number of rotatable bonds is 6. The van der Waals surface area contributed by atoms with Crippen LogP contribution in [0.5, 0.6) is 0 Å². The predicted octanol–water partition coefficient (Wildman–Crippen LogP) is 4.63. The molecule has 1 aromatic heterocycles. The molecular formula is C20H20ClN3OS. The molecular weight excluding hydrogens is 366 g/mol. The van der Waals surface area contributed by atoms with E-state index >= 15 is 0 Å². The van der Waals surface area contributed by atoms with Crippen LogP contribution in [0.2, 0.25) is 5.02 Å². The third kappa shape index (κ3) is 4.68. The van der Waals surface area contributed by atoms with Crippen molar-refractivity contribution in [3.63, 3.8) is 0 Å². The number of amides is 1. The first-order valence-electron chi connectivity index (χ1n) is 8.32. The Kier molecular flexibility index (Phi) is 6.01. The van der Waals surface area contributed by atoms with Crippen LogP contribution in [-0.4, -0.2) is 20.7 Å². The zero-order valence-corrected chi connectivity index (χ0v) is 16.2. The lowest BCUT2D eigenvalue weighted by molar-refractivity contribution is -0.120. The van der Waals surface area contributed by atoms with E-state index in [1.807, 2.05) is 73.1 Å². The van der Waals surface area contributed by atoms with Gasteiger partial charge in [0.25, 0.3) is 0 Å². The summed E-state index contributed by atoms with van der Waals surface area (Å²) in [5, 5.41) is 3.51. The molecule has 0 spiro atoms. The van der Waals surface area contributed by atoms with Crippen molar-refractivity contribution in [3.05, 3.63) is 77.3 Å². The largest absolute Gasteiger partial charge is 0.351 e. The summed E-state index contributed by atoms with van der Waals surface area (Å²) in [6.07, 6.45) is 3.71. The zero-order chi connectivity index (χ0) is 18.5. The molecule has 0 unspecified atom stereocenters. The van der Waals surface area contributed by atoms with Gasteiger partial charge in [-0.15, -0.1) is 11.8 Å². The Bertz CT molecular complexity index is 875. The fourth-order valence-corrected chi connectivity index (χ4v) is 3.55. The van der Waals surface area contributed by atoms with E-state index in [1.165, 1.54) is 11.8 Å². The molecule has 2 aromatic carbocycles. The van der Waals surface area contributed by atoms with Gasteiger partial charge in [-0.3, -0.25) is 4.79 Å². The average molecular weight is 386 g/mol. The number of aromatic nitrogens is 2. The van der Waals surface area contributed by atoms with Crippen LogP contribution in [0.4, 0.5) is 0 Å². The highest BCUT2D eigenvalue weighted by molar-refractivity contribution is 8.00. The number of hydrogen-bond acceptors (Lipinski definition) is 3. The lowest BCUT2D eigenvalue weighted by atomic mass is 10.2. The van der Waals surface area contributed by atoms with Crippen molar-refractivity contribution in [3.8, 4) is 5.69 Å². The van der Waals surface area contributed by atoms with E-state index in [9.17, 15) is 4.79 Å². The Morgan fingerprint density at radius 3 is 2.50 bits per heavy atom. The van der Waals surface area contributed by atoms with Gasteiger partial charge in [-0.1, -0.05) is 23.7 Å². The predicted molar refractivity (Wildman–Crippen MR) is 107 cm³/mol. The van der Waals surface area contributed by atoms with E-state index in [0.29, 0.717) is 11.6 Å². The SMILES string of the molecule is Cc1nccn1-c1ccc(CNC(=O)[C@H](C)Sc2ccc(Cl)cc2)cc1. The van der Waals surface area contributed by atoms with Crippen LogP contribution in [0.15, 0.2) is 65.8 Å². The topological polar surface area (TPSA) is 46.9 Å². The minimum absolute atomic E-state index is 0.0134. The van der Waals surface area contributed by atoms with Gasteiger partial charge in [0.1, 0.15) is 5.82 Å². The van der Waals surface area contributed by atoms with E-state index in [2.05, 4.69) is 10.3 Å². The summed E-state index contributed by atoms with van der Waals surface area (Å²) < 4.78 is 2.02. The lowest BCUT2D eigenvalue weighted by Gasteiger charge is -2.12. The van der Waals surface area contributed by atoms with Gasteiger partial charge in [-0.25, -0.2) is 4.98 Å². The van der Waals surface area contributed by atoms with E-state index in [1.54, 1.807) is 6.20 Å². The quantitative estimate of drug-likeness (QED) is 0.629. The minimum atomic E-state index is -0.177. The number of nitrogens with one attached hydrogen (secondary N) is 1. The molecule has 1 heterocycles. The number of aryl methyl sites for hydroxylation is 1. The molecule has 0 fully saturated rings. The Morgan fingerprint density at radius 1 is 1.19 bits per heavy atom. The van der Waals surface area contributed by atoms with E-state index in [4.69, 9.17) is 11.6 Å². The fraction of sp³-hybridized carbons (Fsp3) is 0.200. The molecule has 0 aliphatic heterocycles. The average Bonchev–Trinajstić information content (AvgIpc) is 3.08. The van der Waals surface area contributed by atoms with Gasteiger partial charge >= 0.3 is 0 Å². The summed E-state index contributed by atoms with van der Waals surface area (Å²) >= 11 is 7.40. The third-order valence-corrected chi connectivity index (χ3v) is 5.37. The number of halogens is 1. The van der Waals surface area contributed by atoms with E-state index in [0.717, 1.165) is 22.0 Å². The van der Waals surface area contributed by atoms with Gasteiger partial charge in [0, 0.05) is 34.5 Å². The van der Waals surface area contributed by atoms with E-state index < -0.39 is 0 Å². The molecule has 1 amide bonds. The molecule has 3 aromatic rings. The zero-order valence-electron chi connectivity index (χ0n) is 14.6. The summed E-state index contributed by atoms with van der Waals surface area (Å²) in [5.41, 5.74) is 2.12. The molecule has 3 rings (SSSR count). The summed E-state index contributed by atoms with van der Waals surface area (Å²) in [6.45, 7) is 4.38. The molecule has 0 saturated carbocycles. The smallest absolute Gasteiger partial charge is 0.233 e. The Morgan fingerprint density at radius 2 is 1.88 bits per heavy atom. The summed E-state index contributed by atoms with van der Waals surface area (Å²) in [4.78, 5) is 17.6. The number of nitrogens with zero attached hydrogens (tertiary/aromatic N) is 2. The van der Waals surface area contributed by atoms with Crippen LogP contribution in [0, 0.1) is 6.92 Å². The standard InChI is InChI=1S/C20H20ClN3OS/c1-14(26-19-9-5-17(21)6-10-19)20(25)23-13-16-3-7-18(8-4-16)24-12-11-22-15(24)2/h3-12,14H,13H2,1-2H3,(H,23,25)/t14-/m0/s1. The fourth-order valence-electron chi connectivity index (χ4n) is 2.53. The Hall–Kier alpha value is -2.24. The van der Waals surface area contributed by atoms with Crippen LogP contribution >= 0.6 is 23.4 Å². The highest BCUT2D eigenvalue weighted by Gasteiger charge is 2.14. The first-order chi connectivity index (χ1) is 12.5. The highest BCUT2D eigenvalue weighted by Crippen LogP contribution is 2.24. The number of hydrogen-bond donors (Lipinski definition) is 1. The monoisotopic (exact) mass is 385 g/mol. The molecule has 0 aliphatic rings. The molecule has 6 heteroatoms. The second-order valence-electron chi connectivity index (χ2n) is 5.94. The second kappa shape index (κ2) is 8.43. The summed E-state index contributed by atoms with van der Waals surface area (Å²) in [5.74, 6) is 0.957. The van der Waals surface area contributed by atoms with Crippen molar-refractivity contribution in [2.45, 2.75) is 30.5 Å². The van der Waals surface area contributed by atoms with Crippen LogP contribution in [0.3, 0.4) is 0 Å². The Balaban J connectivity index is 1.54. The summed E-state index contributed by atoms with van der Waals surface area (Å²) in [7, 11) is 0. The van der Waals surface area contributed by atoms with Crippen LogP contribution < -0.4 is 5.32 Å². The molecule has 0 radical (unpaired) electrons. The maximum absolute atomic E-state index is 12.3. The van der Waals surface area contributed by atoms with Crippen molar-refractivity contribution in [1.29, 1.82) is 0 Å². The molecule has 0 bridgehead atoms. The maximum Gasteiger partial charge on any atom is 0.233 e. The minimum Gasteiger partial charge on any atom is -0.351 e. The molecule has 0 saturated heterocycles. The van der Waals surface area contributed by atoms with Gasteiger partial charge in [-0.2, -0.15) is 0 Å². The number of carbonyl (C=O) groups excluding carboxylic acids is 1. The van der Waals surface area contributed by atoms with Crippen molar-refractivity contribution < 1.29 is 4.79 Å². The first-order valence-corrected chi connectivity index (χ1v) is 9.58. The molecule has 1 atom stereocenters. The first kappa shape index (κ1) is 18.5.